The molecule has 1 fully saturated rings. The Hall–Kier alpha value is -2.87. The van der Waals surface area contributed by atoms with Gasteiger partial charge in [-0.2, -0.15) is 5.10 Å². The van der Waals surface area contributed by atoms with E-state index in [0.29, 0.717) is 40.8 Å². The third-order valence-corrected chi connectivity index (χ3v) is 7.11. The van der Waals surface area contributed by atoms with Crippen molar-refractivity contribution in [2.45, 2.75) is 6.04 Å². The molecule has 9 heteroatoms. The summed E-state index contributed by atoms with van der Waals surface area (Å²) in [4.78, 5) is 30.5. The van der Waals surface area contributed by atoms with Gasteiger partial charge in [-0.1, -0.05) is 41.4 Å². The SMILES string of the molecule is O=C(c1cnn2c(Br)cccc12)N1CCN(C(=O)c2ccc(Cl)cc2)C(c2ccc(Cl)cc2)C1. The highest BCUT2D eigenvalue weighted by molar-refractivity contribution is 9.10. The molecule has 1 unspecified atom stereocenters. The number of aromatic nitrogens is 2. The summed E-state index contributed by atoms with van der Waals surface area (Å²) in [5.74, 6) is -0.228. The summed E-state index contributed by atoms with van der Waals surface area (Å²) in [6.45, 7) is 1.15. The third kappa shape index (κ3) is 4.31. The predicted molar refractivity (Wildman–Crippen MR) is 135 cm³/mol. The zero-order valence-corrected chi connectivity index (χ0v) is 21.0. The first-order chi connectivity index (χ1) is 16.4. The van der Waals surface area contributed by atoms with Gasteiger partial charge < -0.3 is 9.80 Å². The number of amides is 2. The molecule has 2 aromatic carbocycles. The molecule has 2 aromatic heterocycles. The Morgan fingerprint density at radius 1 is 0.882 bits per heavy atom. The first-order valence-electron chi connectivity index (χ1n) is 10.7. The van der Waals surface area contributed by atoms with Gasteiger partial charge in [0.1, 0.15) is 4.60 Å². The molecule has 34 heavy (non-hydrogen) atoms. The van der Waals surface area contributed by atoms with Gasteiger partial charge in [0, 0.05) is 35.2 Å². The molecule has 0 N–H and O–H groups in total. The zero-order chi connectivity index (χ0) is 23.8. The number of hydrogen-bond acceptors (Lipinski definition) is 3. The average Bonchev–Trinajstić information content (AvgIpc) is 3.29. The van der Waals surface area contributed by atoms with Crippen molar-refractivity contribution in [1.82, 2.24) is 19.4 Å². The summed E-state index contributed by atoms with van der Waals surface area (Å²) < 4.78 is 2.45. The molecule has 6 nitrogen and oxygen atoms in total. The lowest BCUT2D eigenvalue weighted by Crippen LogP contribution is -2.52. The predicted octanol–water partition coefficient (Wildman–Crippen LogP) is 5.74. The van der Waals surface area contributed by atoms with Gasteiger partial charge in [0.2, 0.25) is 0 Å². The van der Waals surface area contributed by atoms with Gasteiger partial charge in [0.25, 0.3) is 11.8 Å². The molecule has 0 spiro atoms. The quantitative estimate of drug-likeness (QED) is 0.302. The van der Waals surface area contributed by atoms with Crippen molar-refractivity contribution in [1.29, 1.82) is 0 Å². The number of rotatable bonds is 3. The molecule has 0 aliphatic carbocycles. The summed E-state index contributed by atoms with van der Waals surface area (Å²) in [5.41, 5.74) is 2.71. The highest BCUT2D eigenvalue weighted by Gasteiger charge is 2.35. The lowest BCUT2D eigenvalue weighted by Gasteiger charge is -2.41. The number of hydrogen-bond donors (Lipinski definition) is 0. The van der Waals surface area contributed by atoms with E-state index in [2.05, 4.69) is 21.0 Å². The van der Waals surface area contributed by atoms with E-state index in [4.69, 9.17) is 23.2 Å². The van der Waals surface area contributed by atoms with Crippen LogP contribution in [0, 0.1) is 0 Å². The van der Waals surface area contributed by atoms with Gasteiger partial charge in [-0.3, -0.25) is 9.59 Å². The molecular formula is C25H19BrCl2N4O2. The summed E-state index contributed by atoms with van der Waals surface area (Å²) >= 11 is 15.6. The van der Waals surface area contributed by atoms with Crippen molar-refractivity contribution in [3.05, 3.63) is 104 Å². The highest BCUT2D eigenvalue weighted by Crippen LogP contribution is 2.30. The van der Waals surface area contributed by atoms with Crippen LogP contribution in [-0.2, 0) is 0 Å². The van der Waals surface area contributed by atoms with Crippen molar-refractivity contribution in [2.75, 3.05) is 19.6 Å². The van der Waals surface area contributed by atoms with E-state index in [1.165, 1.54) is 0 Å². The van der Waals surface area contributed by atoms with Crippen LogP contribution in [0.15, 0.2) is 77.5 Å². The smallest absolute Gasteiger partial charge is 0.257 e. The minimum atomic E-state index is -0.327. The van der Waals surface area contributed by atoms with E-state index >= 15 is 0 Å². The normalized spacial score (nSPS) is 16.1. The van der Waals surface area contributed by atoms with Crippen LogP contribution in [-0.4, -0.2) is 50.9 Å². The number of benzene rings is 2. The maximum atomic E-state index is 13.5. The van der Waals surface area contributed by atoms with Crippen molar-refractivity contribution in [3.8, 4) is 0 Å². The lowest BCUT2D eigenvalue weighted by atomic mass is 10.0. The molecule has 5 rings (SSSR count). The summed E-state index contributed by atoms with van der Waals surface area (Å²) in [5, 5.41) is 5.52. The van der Waals surface area contributed by atoms with Gasteiger partial charge in [-0.25, -0.2) is 4.52 Å². The molecule has 2 amide bonds. The second-order valence-corrected chi connectivity index (χ2v) is 9.71. The zero-order valence-electron chi connectivity index (χ0n) is 17.9. The van der Waals surface area contributed by atoms with Crippen LogP contribution in [0.3, 0.4) is 0 Å². The number of pyridine rings is 1. The Labute approximate surface area is 214 Å². The number of fused-ring (bicyclic) bond motifs is 1. The Bertz CT molecular complexity index is 1370. The van der Waals surface area contributed by atoms with Gasteiger partial charge in [-0.15, -0.1) is 0 Å². The van der Waals surface area contributed by atoms with Gasteiger partial charge in [0.15, 0.2) is 0 Å². The molecule has 1 aliphatic rings. The Morgan fingerprint density at radius 3 is 2.26 bits per heavy atom. The number of nitrogens with zero attached hydrogens (tertiary/aromatic N) is 4. The largest absolute Gasteiger partial charge is 0.334 e. The number of piperazine rings is 1. The van der Waals surface area contributed by atoms with E-state index in [9.17, 15) is 9.59 Å². The minimum Gasteiger partial charge on any atom is -0.334 e. The van der Waals surface area contributed by atoms with E-state index in [1.54, 1.807) is 52.0 Å². The Morgan fingerprint density at radius 2 is 1.56 bits per heavy atom. The Balaban J connectivity index is 1.47. The first kappa shape index (κ1) is 22.9. The fraction of sp³-hybridized carbons (Fsp3) is 0.160. The van der Waals surface area contributed by atoms with Crippen molar-refractivity contribution in [3.63, 3.8) is 0 Å². The van der Waals surface area contributed by atoms with Crippen molar-refractivity contribution in [2.24, 2.45) is 0 Å². The first-order valence-corrected chi connectivity index (χ1v) is 12.2. The average molecular weight is 558 g/mol. The van der Waals surface area contributed by atoms with Gasteiger partial charge in [-0.05, 0) is 70.0 Å². The van der Waals surface area contributed by atoms with E-state index in [-0.39, 0.29) is 17.9 Å². The number of halogens is 3. The summed E-state index contributed by atoms with van der Waals surface area (Å²) in [7, 11) is 0. The molecular weight excluding hydrogens is 539 g/mol. The molecule has 1 atom stereocenters. The monoisotopic (exact) mass is 556 g/mol. The van der Waals surface area contributed by atoms with Gasteiger partial charge in [0.05, 0.1) is 23.3 Å². The molecule has 0 radical (unpaired) electrons. The van der Waals surface area contributed by atoms with Crippen LogP contribution in [0.1, 0.15) is 32.3 Å². The second-order valence-electron chi connectivity index (χ2n) is 8.03. The molecule has 3 heterocycles. The van der Waals surface area contributed by atoms with E-state index in [0.717, 1.165) is 15.7 Å². The molecule has 172 valence electrons. The van der Waals surface area contributed by atoms with Crippen molar-refractivity contribution < 1.29 is 9.59 Å². The van der Waals surface area contributed by atoms with Gasteiger partial charge >= 0.3 is 0 Å². The van der Waals surface area contributed by atoms with Crippen LogP contribution in [0.2, 0.25) is 10.0 Å². The van der Waals surface area contributed by atoms with Crippen LogP contribution in [0.5, 0.6) is 0 Å². The summed E-state index contributed by atoms with van der Waals surface area (Å²) in [6.07, 6.45) is 1.59. The molecule has 1 aliphatic heterocycles. The second kappa shape index (κ2) is 9.41. The molecule has 4 aromatic rings. The van der Waals surface area contributed by atoms with Crippen LogP contribution >= 0.6 is 39.1 Å². The standard InChI is InChI=1S/C25H19BrCl2N4O2/c26-23-3-1-2-21-20(14-29-32(21)23)25(34)30-12-13-31(24(33)17-6-10-19(28)11-7-17)22(15-30)16-4-8-18(27)9-5-16/h1-11,14,22H,12-13,15H2. The van der Waals surface area contributed by atoms with Crippen molar-refractivity contribution >= 4 is 56.5 Å². The Kier molecular flexibility index (Phi) is 6.34. The van der Waals surface area contributed by atoms with E-state index in [1.807, 2.05) is 35.2 Å². The maximum Gasteiger partial charge on any atom is 0.257 e. The molecule has 0 saturated carbocycles. The van der Waals surface area contributed by atoms with E-state index < -0.39 is 0 Å². The minimum absolute atomic E-state index is 0.108. The topological polar surface area (TPSA) is 57.9 Å². The number of carbonyl (C=O) groups excluding carboxylic acids is 2. The fourth-order valence-corrected chi connectivity index (χ4v) is 4.94. The highest BCUT2D eigenvalue weighted by atomic mass is 79.9. The van der Waals surface area contributed by atoms with Crippen LogP contribution < -0.4 is 0 Å². The van der Waals surface area contributed by atoms with Crippen LogP contribution in [0.25, 0.3) is 5.52 Å². The lowest BCUT2D eigenvalue weighted by molar-refractivity contribution is 0.0384. The molecule has 1 saturated heterocycles. The maximum absolute atomic E-state index is 13.5. The number of carbonyl (C=O) groups is 2. The summed E-state index contributed by atoms with van der Waals surface area (Å²) in [6, 6.07) is 19.5. The molecule has 0 bridgehead atoms. The fourth-order valence-electron chi connectivity index (χ4n) is 4.25. The van der Waals surface area contributed by atoms with Crippen LogP contribution in [0.4, 0.5) is 0 Å². The third-order valence-electron chi connectivity index (χ3n) is 6.00.